The largest absolute Gasteiger partial charge is 0.387 e. The van der Waals surface area contributed by atoms with E-state index >= 15 is 0 Å². The third kappa shape index (κ3) is 5.37. The van der Waals surface area contributed by atoms with Gasteiger partial charge < -0.3 is 25.4 Å². The third-order valence-corrected chi connectivity index (χ3v) is 4.11. The molecule has 0 radical (unpaired) electrons. The Morgan fingerprint density at radius 2 is 1.90 bits per heavy atom. The van der Waals surface area contributed by atoms with Crippen molar-refractivity contribution in [2.75, 3.05) is 18.5 Å². The first kappa shape index (κ1) is 21.3. The van der Waals surface area contributed by atoms with Gasteiger partial charge in [-0.05, 0) is 32.4 Å². The highest BCUT2D eigenvalue weighted by molar-refractivity contribution is 5.76. The zero-order chi connectivity index (χ0) is 21.7. The number of aryl methyl sites for hydroxylation is 1. The van der Waals surface area contributed by atoms with E-state index in [-0.39, 0.29) is 18.5 Å². The topological polar surface area (TPSA) is 146 Å². The van der Waals surface area contributed by atoms with Crippen molar-refractivity contribution in [2.45, 2.75) is 32.9 Å². The molecule has 1 atom stereocenters. The van der Waals surface area contributed by atoms with Gasteiger partial charge in [0.1, 0.15) is 12.3 Å². The number of aliphatic hydroxyl groups is 2. The molecule has 30 heavy (non-hydrogen) atoms. The second-order valence-electron chi connectivity index (χ2n) is 7.04. The second-order valence-corrected chi connectivity index (χ2v) is 7.04. The highest BCUT2D eigenvalue weighted by atomic mass is 16.5. The quantitative estimate of drug-likeness (QED) is 0.432. The van der Waals surface area contributed by atoms with E-state index in [1.165, 1.54) is 0 Å². The van der Waals surface area contributed by atoms with Crippen molar-refractivity contribution in [3.8, 4) is 23.0 Å². The van der Waals surface area contributed by atoms with Crippen LogP contribution in [0, 0.1) is 6.92 Å². The van der Waals surface area contributed by atoms with Gasteiger partial charge in [0, 0.05) is 23.8 Å². The van der Waals surface area contributed by atoms with E-state index < -0.39 is 18.6 Å². The molecule has 1 unspecified atom stereocenters. The van der Waals surface area contributed by atoms with Gasteiger partial charge in [-0.3, -0.25) is 4.79 Å². The summed E-state index contributed by atoms with van der Waals surface area (Å²) in [5, 5.41) is 28.4. The predicted molar refractivity (Wildman–Crippen MR) is 109 cm³/mol. The summed E-state index contributed by atoms with van der Waals surface area (Å²) in [6, 6.07) is 8.86. The summed E-state index contributed by atoms with van der Waals surface area (Å²) in [5.74, 6) is 0.607. The van der Waals surface area contributed by atoms with E-state index in [9.17, 15) is 9.90 Å². The van der Waals surface area contributed by atoms with Crippen LogP contribution < -0.4 is 10.6 Å². The number of hydrogen-bond donors (Lipinski definition) is 4. The van der Waals surface area contributed by atoms with Crippen LogP contribution in [0.25, 0.3) is 23.0 Å². The van der Waals surface area contributed by atoms with Gasteiger partial charge in [-0.25, -0.2) is 9.97 Å². The van der Waals surface area contributed by atoms with E-state index in [1.807, 2.05) is 20.8 Å². The van der Waals surface area contributed by atoms with Gasteiger partial charge >= 0.3 is 0 Å². The van der Waals surface area contributed by atoms with Crippen LogP contribution in [0.15, 0.2) is 34.9 Å². The number of amides is 1. The molecule has 0 bridgehead atoms. The molecule has 0 saturated carbocycles. The van der Waals surface area contributed by atoms with E-state index in [1.54, 1.807) is 30.3 Å². The first-order chi connectivity index (χ1) is 14.4. The molecule has 0 fully saturated rings. The van der Waals surface area contributed by atoms with Gasteiger partial charge in [0.05, 0.1) is 6.10 Å². The third-order valence-electron chi connectivity index (χ3n) is 4.11. The monoisotopic (exact) mass is 412 g/mol. The summed E-state index contributed by atoms with van der Waals surface area (Å²) in [6.45, 7) is 5.24. The summed E-state index contributed by atoms with van der Waals surface area (Å²) < 4.78 is 5.38. The number of carbonyl (C=O) groups is 1. The van der Waals surface area contributed by atoms with Crippen LogP contribution in [0.4, 0.5) is 5.95 Å². The lowest BCUT2D eigenvalue weighted by Crippen LogP contribution is -2.30. The van der Waals surface area contributed by atoms with Crippen molar-refractivity contribution in [1.82, 2.24) is 25.4 Å². The van der Waals surface area contributed by atoms with Crippen molar-refractivity contribution < 1.29 is 19.5 Å². The first-order valence-electron chi connectivity index (χ1n) is 9.48. The van der Waals surface area contributed by atoms with E-state index in [0.717, 1.165) is 5.69 Å². The van der Waals surface area contributed by atoms with Gasteiger partial charge in [0.25, 0.3) is 5.89 Å². The number of nitrogens with one attached hydrogen (secondary N) is 2. The SMILES string of the molecule is Cc1cc(-c2nc(-c3ccc(C(O)CNC(=O)CO)cc3)no2)nc(NC(C)C)n1. The number of aliphatic hydroxyl groups excluding tert-OH is 2. The van der Waals surface area contributed by atoms with E-state index in [2.05, 4.69) is 30.7 Å². The van der Waals surface area contributed by atoms with Crippen molar-refractivity contribution in [3.63, 3.8) is 0 Å². The Balaban J connectivity index is 1.75. The molecule has 3 aromatic rings. The minimum atomic E-state index is -0.897. The molecular formula is C20H24N6O4. The Hall–Kier alpha value is -3.37. The zero-order valence-corrected chi connectivity index (χ0v) is 17.0. The molecule has 1 aromatic carbocycles. The Morgan fingerprint density at radius 3 is 2.57 bits per heavy atom. The summed E-state index contributed by atoms with van der Waals surface area (Å²) in [6.07, 6.45) is -0.897. The maximum absolute atomic E-state index is 11.1. The summed E-state index contributed by atoms with van der Waals surface area (Å²) >= 11 is 0. The van der Waals surface area contributed by atoms with Crippen LogP contribution in [0.1, 0.15) is 31.2 Å². The average molecular weight is 412 g/mol. The van der Waals surface area contributed by atoms with Crippen LogP contribution in [0.3, 0.4) is 0 Å². The number of aromatic nitrogens is 4. The number of carbonyl (C=O) groups excluding carboxylic acids is 1. The van der Waals surface area contributed by atoms with Gasteiger partial charge in [0.15, 0.2) is 0 Å². The van der Waals surface area contributed by atoms with Gasteiger partial charge in [0.2, 0.25) is 17.7 Å². The minimum absolute atomic E-state index is 0.00487. The highest BCUT2D eigenvalue weighted by Crippen LogP contribution is 2.24. The second kappa shape index (κ2) is 9.42. The van der Waals surface area contributed by atoms with E-state index in [4.69, 9.17) is 9.63 Å². The molecule has 0 aliphatic rings. The predicted octanol–water partition coefficient (Wildman–Crippen LogP) is 1.46. The maximum atomic E-state index is 11.1. The zero-order valence-electron chi connectivity index (χ0n) is 17.0. The molecule has 10 heteroatoms. The Kier molecular flexibility index (Phi) is 6.70. The van der Waals surface area contributed by atoms with Gasteiger partial charge in [-0.2, -0.15) is 4.98 Å². The summed E-state index contributed by atoms with van der Waals surface area (Å²) in [4.78, 5) is 24.3. The lowest BCUT2D eigenvalue weighted by Gasteiger charge is -2.11. The number of benzene rings is 1. The Bertz CT molecular complexity index is 1000. The lowest BCUT2D eigenvalue weighted by molar-refractivity contribution is -0.124. The van der Waals surface area contributed by atoms with Gasteiger partial charge in [-0.1, -0.05) is 29.4 Å². The molecule has 3 rings (SSSR count). The molecule has 158 valence electrons. The van der Waals surface area contributed by atoms with Gasteiger partial charge in [-0.15, -0.1) is 0 Å². The van der Waals surface area contributed by atoms with Crippen LogP contribution in [-0.4, -0.2) is 55.4 Å². The fourth-order valence-corrected chi connectivity index (χ4v) is 2.68. The van der Waals surface area contributed by atoms with Crippen molar-refractivity contribution in [3.05, 3.63) is 41.6 Å². The average Bonchev–Trinajstić information content (AvgIpc) is 3.21. The van der Waals surface area contributed by atoms with E-state index in [0.29, 0.717) is 28.6 Å². The molecule has 2 heterocycles. The minimum Gasteiger partial charge on any atom is -0.387 e. The van der Waals surface area contributed by atoms with Crippen LogP contribution in [-0.2, 0) is 4.79 Å². The smallest absolute Gasteiger partial charge is 0.277 e. The van der Waals surface area contributed by atoms with Crippen molar-refractivity contribution in [1.29, 1.82) is 0 Å². The molecule has 0 aliphatic heterocycles. The number of anilines is 1. The molecule has 1 amide bonds. The Morgan fingerprint density at radius 1 is 1.17 bits per heavy atom. The number of nitrogens with zero attached hydrogens (tertiary/aromatic N) is 4. The Labute approximate surface area is 173 Å². The molecule has 10 nitrogen and oxygen atoms in total. The summed E-state index contributed by atoms with van der Waals surface area (Å²) in [5.41, 5.74) is 2.61. The molecule has 4 N–H and O–H groups in total. The van der Waals surface area contributed by atoms with Crippen LogP contribution in [0.2, 0.25) is 0 Å². The normalized spacial score (nSPS) is 12.1. The fraction of sp³-hybridized carbons (Fsp3) is 0.350. The maximum Gasteiger partial charge on any atom is 0.277 e. The highest BCUT2D eigenvalue weighted by Gasteiger charge is 2.15. The molecule has 0 aliphatic carbocycles. The number of hydrogen-bond acceptors (Lipinski definition) is 9. The standard InChI is InChI=1S/C20H24N6O4/c1-11(2)22-20-23-12(3)8-15(24-20)19-25-18(26-30-19)14-6-4-13(5-7-14)16(28)9-21-17(29)10-27/h4-8,11,16,27-28H,9-10H2,1-3H3,(H,21,29)(H,22,23,24). The molecule has 0 saturated heterocycles. The number of rotatable bonds is 8. The van der Waals surface area contributed by atoms with Crippen molar-refractivity contribution >= 4 is 11.9 Å². The molecule has 0 spiro atoms. The first-order valence-corrected chi connectivity index (χ1v) is 9.48. The fourth-order valence-electron chi connectivity index (χ4n) is 2.68. The lowest BCUT2D eigenvalue weighted by atomic mass is 10.1. The molecular weight excluding hydrogens is 388 g/mol. The molecule has 2 aromatic heterocycles. The van der Waals surface area contributed by atoms with Crippen molar-refractivity contribution in [2.24, 2.45) is 0 Å². The summed E-state index contributed by atoms with van der Waals surface area (Å²) in [7, 11) is 0. The van der Waals surface area contributed by atoms with Crippen LogP contribution >= 0.6 is 0 Å². The van der Waals surface area contributed by atoms with Crippen LogP contribution in [0.5, 0.6) is 0 Å².